The summed E-state index contributed by atoms with van der Waals surface area (Å²) < 4.78 is 2.01. The molecule has 27 heavy (non-hydrogen) atoms. The maximum Gasteiger partial charge on any atom is 0.233 e. The first kappa shape index (κ1) is 17.8. The molecule has 2 amide bonds. The van der Waals surface area contributed by atoms with Crippen molar-refractivity contribution in [1.29, 1.82) is 0 Å². The molecular weight excluding hydrogens is 362 g/mol. The van der Waals surface area contributed by atoms with Crippen LogP contribution >= 0.6 is 11.8 Å². The van der Waals surface area contributed by atoms with Gasteiger partial charge in [0.15, 0.2) is 10.8 Å². The first-order valence-corrected chi connectivity index (χ1v) is 9.93. The maximum absolute atomic E-state index is 12.6. The quantitative estimate of drug-likeness (QED) is 0.647. The molecule has 0 saturated carbocycles. The minimum Gasteiger partial charge on any atom is -0.339 e. The molecule has 0 aliphatic carbocycles. The minimum absolute atomic E-state index is 0.0635. The highest BCUT2D eigenvalue weighted by Gasteiger charge is 2.23. The van der Waals surface area contributed by atoms with Crippen LogP contribution in [0, 0.1) is 6.92 Å². The Balaban J connectivity index is 1.51. The molecule has 3 aromatic rings. The van der Waals surface area contributed by atoms with Gasteiger partial charge in [0.05, 0.1) is 11.3 Å². The third kappa shape index (κ3) is 3.37. The Morgan fingerprint density at radius 1 is 1.07 bits per heavy atom. The van der Waals surface area contributed by atoms with Gasteiger partial charge in [-0.05, 0) is 24.6 Å². The van der Waals surface area contributed by atoms with Gasteiger partial charge in [-0.3, -0.25) is 14.0 Å². The zero-order valence-corrected chi connectivity index (χ0v) is 16.2. The number of hydrogen-bond acceptors (Lipinski definition) is 5. The fourth-order valence-electron chi connectivity index (χ4n) is 3.46. The van der Waals surface area contributed by atoms with E-state index in [1.807, 2.05) is 33.6 Å². The molecule has 0 radical (unpaired) electrons. The number of hydrogen-bond donors (Lipinski definition) is 0. The Labute approximate surface area is 161 Å². The van der Waals surface area contributed by atoms with E-state index in [4.69, 9.17) is 0 Å². The molecule has 4 rings (SSSR count). The molecule has 2 aromatic heterocycles. The van der Waals surface area contributed by atoms with Crippen molar-refractivity contribution in [3.8, 4) is 0 Å². The van der Waals surface area contributed by atoms with E-state index in [1.165, 1.54) is 11.8 Å². The van der Waals surface area contributed by atoms with E-state index in [-0.39, 0.29) is 11.8 Å². The number of carbonyl (C=O) groups is 2. The first-order chi connectivity index (χ1) is 13.0. The number of fused-ring (bicyclic) bond motifs is 3. The van der Waals surface area contributed by atoms with E-state index >= 15 is 0 Å². The Bertz CT molecular complexity index is 1020. The van der Waals surface area contributed by atoms with E-state index in [0.29, 0.717) is 31.9 Å². The smallest absolute Gasteiger partial charge is 0.233 e. The summed E-state index contributed by atoms with van der Waals surface area (Å²) in [5.41, 5.74) is 2.99. The summed E-state index contributed by atoms with van der Waals surface area (Å²) in [4.78, 5) is 27.6. The zero-order chi connectivity index (χ0) is 19.0. The van der Waals surface area contributed by atoms with Gasteiger partial charge in [0, 0.05) is 38.5 Å². The highest BCUT2D eigenvalue weighted by Crippen LogP contribution is 2.25. The number of thioether (sulfide) groups is 1. The van der Waals surface area contributed by atoms with Gasteiger partial charge in [-0.25, -0.2) is 0 Å². The first-order valence-electron chi connectivity index (χ1n) is 8.94. The molecule has 7 nitrogen and oxygen atoms in total. The molecule has 1 fully saturated rings. The number of aryl methyl sites for hydroxylation is 1. The number of aromatic nitrogens is 3. The number of amides is 2. The third-order valence-corrected chi connectivity index (χ3v) is 5.89. The van der Waals surface area contributed by atoms with Crippen molar-refractivity contribution in [2.45, 2.75) is 19.0 Å². The van der Waals surface area contributed by atoms with Gasteiger partial charge < -0.3 is 9.80 Å². The van der Waals surface area contributed by atoms with Crippen molar-refractivity contribution >= 4 is 40.1 Å². The van der Waals surface area contributed by atoms with Crippen molar-refractivity contribution in [2.75, 3.05) is 31.9 Å². The third-order valence-electron chi connectivity index (χ3n) is 4.98. The number of para-hydroxylation sites is 1. The van der Waals surface area contributed by atoms with Crippen LogP contribution in [0.4, 0.5) is 0 Å². The molecular formula is C19H21N5O2S. The Hall–Kier alpha value is -2.61. The van der Waals surface area contributed by atoms with E-state index in [0.717, 1.165) is 27.3 Å². The number of carbonyl (C=O) groups excluding carboxylic acids is 2. The molecule has 0 atom stereocenters. The summed E-state index contributed by atoms with van der Waals surface area (Å²) in [5.74, 6) is 0.438. The minimum atomic E-state index is 0.0635. The number of rotatable bonds is 3. The number of pyridine rings is 1. The largest absolute Gasteiger partial charge is 0.339 e. The molecule has 1 saturated heterocycles. The molecule has 1 aliphatic heterocycles. The second-order valence-electron chi connectivity index (χ2n) is 6.70. The van der Waals surface area contributed by atoms with Gasteiger partial charge in [-0.2, -0.15) is 0 Å². The summed E-state index contributed by atoms with van der Waals surface area (Å²) in [5, 5.41) is 10.4. The van der Waals surface area contributed by atoms with E-state index in [2.05, 4.69) is 23.2 Å². The standard InChI is InChI=1S/C19H21N5O2S/c1-13-11-17-20-21-19(24(17)16-6-4-3-5-15(13)16)27-12-18(26)23-9-7-22(8-10-23)14(2)25/h3-6,11H,7-10,12H2,1-2H3. The predicted octanol–water partition coefficient (Wildman–Crippen LogP) is 1.97. The average molecular weight is 383 g/mol. The van der Waals surface area contributed by atoms with Gasteiger partial charge in [-0.15, -0.1) is 10.2 Å². The fourth-order valence-corrected chi connectivity index (χ4v) is 4.31. The van der Waals surface area contributed by atoms with Crippen LogP contribution in [0.1, 0.15) is 12.5 Å². The molecule has 140 valence electrons. The monoisotopic (exact) mass is 383 g/mol. The van der Waals surface area contributed by atoms with Crippen LogP contribution in [-0.4, -0.2) is 68.1 Å². The second kappa shape index (κ2) is 7.19. The van der Waals surface area contributed by atoms with E-state index < -0.39 is 0 Å². The van der Waals surface area contributed by atoms with Gasteiger partial charge in [0.2, 0.25) is 11.8 Å². The average Bonchev–Trinajstić information content (AvgIpc) is 3.09. The van der Waals surface area contributed by atoms with E-state index in [1.54, 1.807) is 11.8 Å². The van der Waals surface area contributed by atoms with Crippen LogP contribution < -0.4 is 0 Å². The lowest BCUT2D eigenvalue weighted by atomic mass is 10.1. The van der Waals surface area contributed by atoms with Crippen molar-refractivity contribution < 1.29 is 9.59 Å². The molecule has 0 unspecified atom stereocenters. The van der Waals surface area contributed by atoms with E-state index in [9.17, 15) is 9.59 Å². The highest BCUT2D eigenvalue weighted by atomic mass is 32.2. The summed E-state index contributed by atoms with van der Waals surface area (Å²) >= 11 is 1.40. The Morgan fingerprint density at radius 2 is 1.78 bits per heavy atom. The van der Waals surface area contributed by atoms with Crippen LogP contribution in [0.3, 0.4) is 0 Å². The molecule has 0 N–H and O–H groups in total. The molecule has 1 aromatic carbocycles. The number of benzene rings is 1. The summed E-state index contributed by atoms with van der Waals surface area (Å²) in [6.45, 7) is 6.00. The lowest BCUT2D eigenvalue weighted by Gasteiger charge is -2.34. The van der Waals surface area contributed by atoms with Gasteiger partial charge >= 0.3 is 0 Å². The molecule has 8 heteroatoms. The van der Waals surface area contributed by atoms with Crippen LogP contribution in [0.5, 0.6) is 0 Å². The van der Waals surface area contributed by atoms with Crippen molar-refractivity contribution in [3.63, 3.8) is 0 Å². The highest BCUT2D eigenvalue weighted by molar-refractivity contribution is 7.99. The normalized spacial score (nSPS) is 14.9. The maximum atomic E-state index is 12.6. The van der Waals surface area contributed by atoms with Gasteiger partial charge in [0.1, 0.15) is 0 Å². The predicted molar refractivity (Wildman–Crippen MR) is 105 cm³/mol. The van der Waals surface area contributed by atoms with Crippen molar-refractivity contribution in [2.24, 2.45) is 0 Å². The van der Waals surface area contributed by atoms with Crippen LogP contribution in [-0.2, 0) is 9.59 Å². The summed E-state index contributed by atoms with van der Waals surface area (Å²) in [7, 11) is 0. The van der Waals surface area contributed by atoms with Crippen molar-refractivity contribution in [1.82, 2.24) is 24.4 Å². The Kier molecular flexibility index (Phi) is 4.73. The topological polar surface area (TPSA) is 70.8 Å². The molecule has 0 bridgehead atoms. The number of nitrogens with zero attached hydrogens (tertiary/aromatic N) is 5. The molecule has 1 aliphatic rings. The molecule has 3 heterocycles. The summed E-state index contributed by atoms with van der Waals surface area (Å²) in [6, 6.07) is 10.2. The second-order valence-corrected chi connectivity index (χ2v) is 7.64. The van der Waals surface area contributed by atoms with Crippen LogP contribution in [0.25, 0.3) is 16.6 Å². The van der Waals surface area contributed by atoms with Crippen LogP contribution in [0.2, 0.25) is 0 Å². The lowest BCUT2D eigenvalue weighted by Crippen LogP contribution is -2.50. The summed E-state index contributed by atoms with van der Waals surface area (Å²) in [6.07, 6.45) is 0. The molecule has 0 spiro atoms. The fraction of sp³-hybridized carbons (Fsp3) is 0.368. The SMILES string of the molecule is CC(=O)N1CCN(C(=O)CSc2nnc3cc(C)c4ccccc4n23)CC1. The Morgan fingerprint density at radius 3 is 2.52 bits per heavy atom. The van der Waals surface area contributed by atoms with Crippen molar-refractivity contribution in [3.05, 3.63) is 35.9 Å². The lowest BCUT2D eigenvalue weighted by molar-refractivity contribution is -0.136. The zero-order valence-electron chi connectivity index (χ0n) is 15.4. The number of piperazine rings is 1. The van der Waals surface area contributed by atoms with Gasteiger partial charge in [-0.1, -0.05) is 30.0 Å². The van der Waals surface area contributed by atoms with Crippen LogP contribution in [0.15, 0.2) is 35.5 Å². The van der Waals surface area contributed by atoms with Gasteiger partial charge in [0.25, 0.3) is 0 Å².